The van der Waals surface area contributed by atoms with Crippen LogP contribution in [0.5, 0.6) is 5.75 Å². The van der Waals surface area contributed by atoms with Crippen molar-refractivity contribution in [1.29, 1.82) is 0 Å². The number of aliphatic carboxylic acids is 1. The normalized spacial score (nSPS) is 18.3. The zero-order chi connectivity index (χ0) is 26.3. The molecular formula is C25H38N4O6. The summed E-state index contributed by atoms with van der Waals surface area (Å²) in [5.41, 5.74) is 6.64. The molecule has 1 aromatic carbocycles. The number of amides is 3. The second-order valence-electron chi connectivity index (χ2n) is 9.92. The van der Waals surface area contributed by atoms with E-state index in [0.29, 0.717) is 31.4 Å². The fraction of sp³-hybridized carbons (Fsp3) is 0.600. The molecule has 0 radical (unpaired) electrons. The van der Waals surface area contributed by atoms with E-state index in [4.69, 9.17) is 5.73 Å². The van der Waals surface area contributed by atoms with Crippen molar-refractivity contribution < 1.29 is 29.4 Å². The molecule has 0 aromatic heterocycles. The number of nitrogens with zero attached hydrogens (tertiary/aromatic N) is 1. The number of likely N-dealkylation sites (tertiary alicyclic amines) is 1. The van der Waals surface area contributed by atoms with Gasteiger partial charge in [-0.05, 0) is 48.8 Å². The zero-order valence-corrected chi connectivity index (χ0v) is 20.9. The van der Waals surface area contributed by atoms with Crippen molar-refractivity contribution in [1.82, 2.24) is 15.5 Å². The van der Waals surface area contributed by atoms with Gasteiger partial charge in [0.05, 0.1) is 6.04 Å². The van der Waals surface area contributed by atoms with Crippen LogP contribution in [0.2, 0.25) is 0 Å². The third-order valence-corrected chi connectivity index (χ3v) is 6.17. The number of carbonyl (C=O) groups is 4. The largest absolute Gasteiger partial charge is 0.508 e. The highest BCUT2D eigenvalue weighted by molar-refractivity contribution is 5.94. The first kappa shape index (κ1) is 28.1. The van der Waals surface area contributed by atoms with Gasteiger partial charge in [0.15, 0.2) is 0 Å². The molecule has 1 aliphatic heterocycles. The molecule has 0 bridgehead atoms. The van der Waals surface area contributed by atoms with E-state index in [1.54, 1.807) is 12.1 Å². The first-order chi connectivity index (χ1) is 16.4. The van der Waals surface area contributed by atoms with Gasteiger partial charge in [0, 0.05) is 13.0 Å². The van der Waals surface area contributed by atoms with Crippen molar-refractivity contribution in [2.45, 2.75) is 77.5 Å². The van der Waals surface area contributed by atoms with E-state index >= 15 is 0 Å². The zero-order valence-electron chi connectivity index (χ0n) is 20.9. The Balaban J connectivity index is 2.12. The summed E-state index contributed by atoms with van der Waals surface area (Å²) in [6.07, 6.45) is 1.44. The monoisotopic (exact) mass is 490 g/mol. The molecule has 4 unspecified atom stereocenters. The Labute approximate surface area is 206 Å². The van der Waals surface area contributed by atoms with E-state index in [0.717, 1.165) is 0 Å². The SMILES string of the molecule is CC(C)CC(NC(=O)C1CCCN1C(=O)C(N)C(C)C)C(=O)NC(Cc1ccc(O)cc1)C(=O)O. The highest BCUT2D eigenvalue weighted by Crippen LogP contribution is 2.20. The van der Waals surface area contributed by atoms with E-state index in [1.165, 1.54) is 17.0 Å². The Hall–Kier alpha value is -3.14. The number of hydrogen-bond donors (Lipinski definition) is 5. The smallest absolute Gasteiger partial charge is 0.326 e. The second kappa shape index (κ2) is 12.5. The Morgan fingerprint density at radius 3 is 2.23 bits per heavy atom. The van der Waals surface area contributed by atoms with Crippen LogP contribution in [-0.2, 0) is 25.6 Å². The molecule has 1 heterocycles. The average molecular weight is 491 g/mol. The van der Waals surface area contributed by atoms with Gasteiger partial charge in [0.1, 0.15) is 23.9 Å². The fourth-order valence-electron chi connectivity index (χ4n) is 4.09. The summed E-state index contributed by atoms with van der Waals surface area (Å²) >= 11 is 0. The number of aromatic hydroxyl groups is 1. The topological polar surface area (TPSA) is 162 Å². The molecule has 0 aliphatic carbocycles. The summed E-state index contributed by atoms with van der Waals surface area (Å²) in [7, 11) is 0. The third kappa shape index (κ3) is 7.95. The Kier molecular flexibility index (Phi) is 10.1. The van der Waals surface area contributed by atoms with Crippen molar-refractivity contribution >= 4 is 23.7 Å². The lowest BCUT2D eigenvalue weighted by molar-refractivity contribution is -0.143. The Bertz CT molecular complexity index is 902. The van der Waals surface area contributed by atoms with Crippen LogP contribution in [0, 0.1) is 11.8 Å². The van der Waals surface area contributed by atoms with E-state index in [2.05, 4.69) is 10.6 Å². The van der Waals surface area contributed by atoms with Gasteiger partial charge in [-0.25, -0.2) is 4.79 Å². The van der Waals surface area contributed by atoms with Crippen molar-refractivity contribution in [3.05, 3.63) is 29.8 Å². The summed E-state index contributed by atoms with van der Waals surface area (Å²) < 4.78 is 0. The molecule has 1 aromatic rings. The maximum absolute atomic E-state index is 13.1. The van der Waals surface area contributed by atoms with Crippen LogP contribution in [0.4, 0.5) is 0 Å². The molecule has 2 rings (SSSR count). The minimum atomic E-state index is -1.22. The minimum absolute atomic E-state index is 0.0156. The molecular weight excluding hydrogens is 452 g/mol. The minimum Gasteiger partial charge on any atom is -0.508 e. The van der Waals surface area contributed by atoms with Gasteiger partial charge < -0.3 is 31.5 Å². The van der Waals surface area contributed by atoms with Gasteiger partial charge in [-0.15, -0.1) is 0 Å². The van der Waals surface area contributed by atoms with Crippen molar-refractivity contribution in [3.8, 4) is 5.75 Å². The molecule has 0 spiro atoms. The number of nitrogens with two attached hydrogens (primary N) is 1. The maximum Gasteiger partial charge on any atom is 0.326 e. The molecule has 1 saturated heterocycles. The first-order valence-corrected chi connectivity index (χ1v) is 12.1. The van der Waals surface area contributed by atoms with E-state index < -0.39 is 42.0 Å². The molecule has 10 nitrogen and oxygen atoms in total. The number of nitrogens with one attached hydrogen (secondary N) is 2. The number of phenols is 1. The highest BCUT2D eigenvalue weighted by Gasteiger charge is 2.38. The van der Waals surface area contributed by atoms with Gasteiger partial charge in [0.25, 0.3) is 0 Å². The second-order valence-corrected chi connectivity index (χ2v) is 9.92. The first-order valence-electron chi connectivity index (χ1n) is 12.1. The Morgan fingerprint density at radius 1 is 1.06 bits per heavy atom. The predicted octanol–water partition coefficient (Wildman–Crippen LogP) is 1.01. The lowest BCUT2D eigenvalue weighted by atomic mass is 10.0. The number of benzene rings is 1. The van der Waals surface area contributed by atoms with E-state index in [9.17, 15) is 29.4 Å². The number of phenolic OH excluding ortho intramolecular Hbond substituents is 1. The van der Waals surface area contributed by atoms with Crippen LogP contribution in [0.15, 0.2) is 24.3 Å². The molecule has 10 heteroatoms. The lowest BCUT2D eigenvalue weighted by Gasteiger charge is -2.30. The number of rotatable bonds is 11. The third-order valence-electron chi connectivity index (χ3n) is 6.17. The van der Waals surface area contributed by atoms with Crippen molar-refractivity contribution in [3.63, 3.8) is 0 Å². The van der Waals surface area contributed by atoms with Gasteiger partial charge in [-0.2, -0.15) is 0 Å². The summed E-state index contributed by atoms with van der Waals surface area (Å²) in [6.45, 7) is 7.89. The van der Waals surface area contributed by atoms with Crippen molar-refractivity contribution in [2.24, 2.45) is 17.6 Å². The van der Waals surface area contributed by atoms with E-state index in [1.807, 2.05) is 27.7 Å². The molecule has 4 atom stereocenters. The highest BCUT2D eigenvalue weighted by atomic mass is 16.4. The fourth-order valence-corrected chi connectivity index (χ4v) is 4.09. The summed E-state index contributed by atoms with van der Waals surface area (Å²) in [6, 6.07) is 2.44. The molecule has 0 saturated carbocycles. The van der Waals surface area contributed by atoms with Crippen molar-refractivity contribution in [2.75, 3.05) is 6.54 Å². The van der Waals surface area contributed by atoms with Crippen LogP contribution in [0.3, 0.4) is 0 Å². The number of carboxylic acids is 1. The van der Waals surface area contributed by atoms with Gasteiger partial charge in [0.2, 0.25) is 17.7 Å². The summed E-state index contributed by atoms with van der Waals surface area (Å²) in [4.78, 5) is 52.3. The number of hydrogen-bond acceptors (Lipinski definition) is 6. The molecule has 6 N–H and O–H groups in total. The van der Waals surface area contributed by atoms with Gasteiger partial charge in [-0.1, -0.05) is 39.8 Å². The van der Waals surface area contributed by atoms with Gasteiger partial charge >= 0.3 is 5.97 Å². The standard InChI is InChI=1S/C25H38N4O6/c1-14(2)12-18(22(31)28-19(25(34)35)13-16-7-9-17(30)10-8-16)27-23(32)20-6-5-11-29(20)24(33)21(26)15(3)4/h7-10,14-15,18-21,30H,5-6,11-13,26H2,1-4H3,(H,27,32)(H,28,31)(H,34,35). The maximum atomic E-state index is 13.1. The molecule has 194 valence electrons. The number of carboxylic acid groups (broad SMARTS) is 1. The van der Waals surface area contributed by atoms with Crippen LogP contribution in [0.1, 0.15) is 52.5 Å². The lowest BCUT2D eigenvalue weighted by Crippen LogP contribution is -2.57. The number of carbonyl (C=O) groups excluding carboxylic acids is 3. The predicted molar refractivity (Wildman–Crippen MR) is 130 cm³/mol. The average Bonchev–Trinajstić information content (AvgIpc) is 3.28. The van der Waals surface area contributed by atoms with Crippen LogP contribution >= 0.6 is 0 Å². The molecule has 1 fully saturated rings. The van der Waals surface area contributed by atoms with Crippen LogP contribution in [-0.4, -0.2) is 69.5 Å². The Morgan fingerprint density at radius 2 is 1.69 bits per heavy atom. The van der Waals surface area contributed by atoms with Crippen LogP contribution < -0.4 is 16.4 Å². The summed E-state index contributed by atoms with van der Waals surface area (Å²) in [5.74, 6) is -2.53. The quantitative estimate of drug-likeness (QED) is 0.309. The molecule has 3 amide bonds. The van der Waals surface area contributed by atoms with E-state index in [-0.39, 0.29) is 29.9 Å². The molecule has 35 heavy (non-hydrogen) atoms. The molecule has 1 aliphatic rings. The summed E-state index contributed by atoms with van der Waals surface area (Å²) in [5, 5.41) is 24.3. The van der Waals surface area contributed by atoms with Crippen LogP contribution in [0.25, 0.3) is 0 Å². The van der Waals surface area contributed by atoms with Gasteiger partial charge in [-0.3, -0.25) is 14.4 Å².